The quantitative estimate of drug-likeness (QED) is 0.573. The van der Waals surface area contributed by atoms with Crippen LogP contribution in [0.2, 0.25) is 15.1 Å². The number of halogens is 3. The van der Waals surface area contributed by atoms with Crippen molar-refractivity contribution < 1.29 is 9.53 Å². The molecule has 3 rings (SSSR count). The Morgan fingerprint density at radius 2 is 1.87 bits per heavy atom. The average Bonchev–Trinajstić information content (AvgIpc) is 2.72. The number of carbonyl (C=O) groups excluding carboxylic acids is 1. The maximum absolute atomic E-state index is 12.6. The number of ether oxygens (including phenoxy) is 1. The van der Waals surface area contributed by atoms with E-state index in [4.69, 9.17) is 39.5 Å². The van der Waals surface area contributed by atoms with E-state index in [0.717, 1.165) is 38.4 Å². The molecule has 0 aromatic heterocycles. The minimum Gasteiger partial charge on any atom is -0.495 e. The lowest BCUT2D eigenvalue weighted by atomic mass is 10.1. The summed E-state index contributed by atoms with van der Waals surface area (Å²) in [5, 5.41) is 4.40. The van der Waals surface area contributed by atoms with Crippen molar-refractivity contribution in [3.8, 4) is 5.75 Å². The van der Waals surface area contributed by atoms with Gasteiger partial charge in [-0.25, -0.2) is 0 Å². The molecule has 5 nitrogen and oxygen atoms in total. The Morgan fingerprint density at radius 1 is 1.13 bits per heavy atom. The van der Waals surface area contributed by atoms with Gasteiger partial charge in [0, 0.05) is 42.8 Å². The number of benzene rings is 2. The third-order valence-electron chi connectivity index (χ3n) is 5.04. The van der Waals surface area contributed by atoms with Crippen LogP contribution < -0.4 is 15.0 Å². The van der Waals surface area contributed by atoms with Gasteiger partial charge in [-0.15, -0.1) is 0 Å². The molecule has 1 aliphatic rings. The van der Waals surface area contributed by atoms with E-state index in [2.05, 4.69) is 22.0 Å². The van der Waals surface area contributed by atoms with Crippen LogP contribution in [0.15, 0.2) is 36.4 Å². The number of nitrogens with one attached hydrogen (secondary N) is 1. The van der Waals surface area contributed by atoms with Crippen LogP contribution in [0.4, 0.5) is 11.4 Å². The highest BCUT2D eigenvalue weighted by atomic mass is 35.5. The number of rotatable bonds is 6. The van der Waals surface area contributed by atoms with Crippen LogP contribution in [0.3, 0.4) is 0 Å². The van der Waals surface area contributed by atoms with Gasteiger partial charge in [0.1, 0.15) is 5.75 Å². The van der Waals surface area contributed by atoms with Crippen LogP contribution in [0.25, 0.3) is 6.08 Å². The number of methoxy groups -OCH3 is 1. The lowest BCUT2D eigenvalue weighted by Gasteiger charge is -2.36. The van der Waals surface area contributed by atoms with Crippen molar-refractivity contribution in [3.05, 3.63) is 57.0 Å². The van der Waals surface area contributed by atoms with E-state index in [-0.39, 0.29) is 5.91 Å². The second-order valence-corrected chi connectivity index (χ2v) is 8.14. The van der Waals surface area contributed by atoms with Crippen molar-refractivity contribution in [1.82, 2.24) is 4.90 Å². The maximum atomic E-state index is 12.6. The largest absolute Gasteiger partial charge is 0.495 e. The smallest absolute Gasteiger partial charge is 0.248 e. The Hall–Kier alpha value is -1.92. The molecule has 0 unspecified atom stereocenters. The average molecular weight is 469 g/mol. The van der Waals surface area contributed by atoms with Crippen LogP contribution >= 0.6 is 34.8 Å². The predicted molar refractivity (Wildman–Crippen MR) is 126 cm³/mol. The molecule has 1 N–H and O–H groups in total. The number of carbonyl (C=O) groups is 1. The highest BCUT2D eigenvalue weighted by Gasteiger charge is 2.21. The fraction of sp³-hybridized carbons (Fsp3) is 0.318. The summed E-state index contributed by atoms with van der Waals surface area (Å²) in [5.74, 6) is 0.172. The molecule has 30 heavy (non-hydrogen) atoms. The second kappa shape index (κ2) is 10.4. The number of anilines is 2. The first-order chi connectivity index (χ1) is 14.4. The lowest BCUT2D eigenvalue weighted by molar-refractivity contribution is -0.111. The summed E-state index contributed by atoms with van der Waals surface area (Å²) in [6.45, 7) is 6.82. The molecule has 2 aromatic carbocycles. The first kappa shape index (κ1) is 22.8. The fourth-order valence-corrected chi connectivity index (χ4v) is 4.36. The number of para-hydroxylation sites is 1. The van der Waals surface area contributed by atoms with E-state index in [1.54, 1.807) is 18.2 Å². The van der Waals surface area contributed by atoms with Gasteiger partial charge < -0.3 is 19.9 Å². The van der Waals surface area contributed by atoms with Gasteiger partial charge in [-0.05, 0) is 36.9 Å². The summed E-state index contributed by atoms with van der Waals surface area (Å²) in [4.78, 5) is 17.2. The Balaban J connectivity index is 1.78. The summed E-state index contributed by atoms with van der Waals surface area (Å²) < 4.78 is 5.31. The Bertz CT molecular complexity index is 941. The van der Waals surface area contributed by atoms with Crippen molar-refractivity contribution in [2.24, 2.45) is 0 Å². The molecule has 1 fully saturated rings. The molecule has 0 spiro atoms. The van der Waals surface area contributed by atoms with Crippen molar-refractivity contribution in [2.75, 3.05) is 50.1 Å². The zero-order chi connectivity index (χ0) is 21.7. The standard InChI is InChI=1S/C22H24Cl3N3O2/c1-3-27-9-11-28(12-10-27)21-17(24)5-4-6-19(21)26-20(29)8-7-15-13-16(23)14-18(25)22(15)30-2/h4-8,13-14H,3,9-12H2,1-2H3,(H,26,29). The molecule has 1 saturated heterocycles. The molecule has 0 aliphatic carbocycles. The monoisotopic (exact) mass is 467 g/mol. The molecule has 8 heteroatoms. The molecular weight excluding hydrogens is 445 g/mol. The molecule has 2 aromatic rings. The molecule has 0 bridgehead atoms. The fourth-order valence-electron chi connectivity index (χ4n) is 3.48. The van der Waals surface area contributed by atoms with Gasteiger partial charge >= 0.3 is 0 Å². The maximum Gasteiger partial charge on any atom is 0.248 e. The summed E-state index contributed by atoms with van der Waals surface area (Å²) in [6.07, 6.45) is 3.04. The van der Waals surface area contributed by atoms with E-state index in [1.807, 2.05) is 18.2 Å². The van der Waals surface area contributed by atoms with Gasteiger partial charge in [0.05, 0.1) is 28.5 Å². The van der Waals surface area contributed by atoms with E-state index >= 15 is 0 Å². The third kappa shape index (κ3) is 5.41. The third-order valence-corrected chi connectivity index (χ3v) is 5.84. The van der Waals surface area contributed by atoms with Crippen molar-refractivity contribution in [1.29, 1.82) is 0 Å². The van der Waals surface area contributed by atoms with Gasteiger partial charge in [-0.3, -0.25) is 4.79 Å². The van der Waals surface area contributed by atoms with Crippen molar-refractivity contribution in [3.63, 3.8) is 0 Å². The molecule has 0 atom stereocenters. The Labute approximate surface area is 192 Å². The minimum absolute atomic E-state index is 0.288. The predicted octanol–water partition coefficient (Wildman–Crippen LogP) is 5.45. The number of hydrogen-bond donors (Lipinski definition) is 1. The van der Waals surface area contributed by atoms with E-state index in [1.165, 1.54) is 13.2 Å². The number of hydrogen-bond acceptors (Lipinski definition) is 4. The highest BCUT2D eigenvalue weighted by molar-refractivity contribution is 6.36. The normalized spacial score (nSPS) is 14.9. The zero-order valence-electron chi connectivity index (χ0n) is 16.9. The molecule has 1 amide bonds. The molecule has 1 aliphatic heterocycles. The van der Waals surface area contributed by atoms with Gasteiger partial charge in [0.25, 0.3) is 0 Å². The van der Waals surface area contributed by atoms with Gasteiger partial charge in [-0.2, -0.15) is 0 Å². The number of piperazine rings is 1. The van der Waals surface area contributed by atoms with Crippen LogP contribution in [-0.2, 0) is 4.79 Å². The number of nitrogens with zero attached hydrogens (tertiary/aromatic N) is 2. The second-order valence-electron chi connectivity index (χ2n) is 6.89. The SMILES string of the molecule is CCN1CCN(c2c(Cl)cccc2NC(=O)C=Cc2cc(Cl)cc(Cl)c2OC)CC1. The van der Waals surface area contributed by atoms with Gasteiger partial charge in [0.2, 0.25) is 5.91 Å². The van der Waals surface area contributed by atoms with Crippen LogP contribution in [0.5, 0.6) is 5.75 Å². The molecule has 0 saturated carbocycles. The summed E-state index contributed by atoms with van der Waals surface area (Å²) in [5.41, 5.74) is 2.14. The van der Waals surface area contributed by atoms with E-state index < -0.39 is 0 Å². The Kier molecular flexibility index (Phi) is 7.89. The molecule has 160 valence electrons. The Morgan fingerprint density at radius 3 is 2.53 bits per heavy atom. The molecular formula is C22H24Cl3N3O2. The van der Waals surface area contributed by atoms with Crippen molar-refractivity contribution >= 4 is 58.2 Å². The van der Waals surface area contributed by atoms with Crippen LogP contribution in [0, 0.1) is 0 Å². The van der Waals surface area contributed by atoms with E-state index in [9.17, 15) is 4.79 Å². The zero-order valence-corrected chi connectivity index (χ0v) is 19.2. The number of amides is 1. The first-order valence-electron chi connectivity index (χ1n) is 9.70. The molecule has 1 heterocycles. The number of likely N-dealkylation sites (N-methyl/N-ethyl adjacent to an activating group) is 1. The lowest BCUT2D eigenvalue weighted by Crippen LogP contribution is -2.46. The van der Waals surface area contributed by atoms with E-state index in [0.29, 0.717) is 32.1 Å². The van der Waals surface area contributed by atoms with Gasteiger partial charge in [0.15, 0.2) is 0 Å². The van der Waals surface area contributed by atoms with Crippen molar-refractivity contribution in [2.45, 2.75) is 6.92 Å². The van der Waals surface area contributed by atoms with Gasteiger partial charge in [-0.1, -0.05) is 47.8 Å². The summed E-state index contributed by atoms with van der Waals surface area (Å²) >= 11 is 18.7. The summed E-state index contributed by atoms with van der Waals surface area (Å²) in [6, 6.07) is 8.81. The van der Waals surface area contributed by atoms with Crippen LogP contribution in [-0.4, -0.2) is 50.6 Å². The topological polar surface area (TPSA) is 44.8 Å². The van der Waals surface area contributed by atoms with Crippen LogP contribution in [0.1, 0.15) is 12.5 Å². The summed E-state index contributed by atoms with van der Waals surface area (Å²) in [7, 11) is 1.52. The minimum atomic E-state index is -0.288. The molecule has 0 radical (unpaired) electrons. The highest BCUT2D eigenvalue weighted by Crippen LogP contribution is 2.35. The first-order valence-corrected chi connectivity index (χ1v) is 10.8.